The maximum atomic E-state index is 15.2. The van der Waals surface area contributed by atoms with E-state index in [0.29, 0.717) is 22.8 Å². The lowest BCUT2D eigenvalue weighted by Gasteiger charge is -2.33. The monoisotopic (exact) mass is 290 g/mol. The summed E-state index contributed by atoms with van der Waals surface area (Å²) < 4.78 is 33.0. The van der Waals surface area contributed by atoms with Crippen LogP contribution in [0, 0.1) is 20.8 Å². The van der Waals surface area contributed by atoms with Crippen LogP contribution in [0.15, 0.2) is 16.8 Å². The first-order valence-electron chi connectivity index (χ1n) is 7.35. The zero-order valence-corrected chi connectivity index (χ0v) is 13.7. The molecular formula is C16H21BF2N2. The van der Waals surface area contributed by atoms with E-state index in [2.05, 4.69) is 0 Å². The largest absolute Gasteiger partial charge is 0.737 e. The Hall–Kier alpha value is -1.65. The molecular weight excluding hydrogens is 269 g/mol. The van der Waals surface area contributed by atoms with Crippen molar-refractivity contribution in [3.8, 4) is 0 Å². The Kier molecular flexibility index (Phi) is 2.70. The van der Waals surface area contributed by atoms with Gasteiger partial charge in [0.1, 0.15) is 5.71 Å². The van der Waals surface area contributed by atoms with Crippen molar-refractivity contribution in [1.82, 2.24) is 4.48 Å². The molecule has 0 atom stereocenters. The molecule has 112 valence electrons. The van der Waals surface area contributed by atoms with Crippen molar-refractivity contribution >= 4 is 18.3 Å². The molecule has 3 heterocycles. The van der Waals surface area contributed by atoms with Crippen molar-refractivity contribution in [3.05, 3.63) is 39.4 Å². The summed E-state index contributed by atoms with van der Waals surface area (Å²) in [5, 5.41) is 0. The molecule has 0 unspecified atom stereocenters. The molecule has 5 heteroatoms. The van der Waals surface area contributed by atoms with Crippen LogP contribution < -0.4 is 0 Å². The van der Waals surface area contributed by atoms with E-state index < -0.39 is 6.97 Å². The second-order valence-electron chi connectivity index (χ2n) is 6.32. The Morgan fingerprint density at radius 1 is 0.810 bits per heavy atom. The third-order valence-corrected chi connectivity index (χ3v) is 5.46. The minimum atomic E-state index is -3.83. The highest BCUT2D eigenvalue weighted by Gasteiger charge is 2.55. The van der Waals surface area contributed by atoms with Crippen molar-refractivity contribution in [1.29, 1.82) is 0 Å². The molecule has 0 saturated carbocycles. The van der Waals surface area contributed by atoms with E-state index in [9.17, 15) is 0 Å². The number of nitrogens with zero attached hydrogens (tertiary/aromatic N) is 2. The van der Waals surface area contributed by atoms with Crippen LogP contribution in [0.3, 0.4) is 0 Å². The number of halogens is 2. The maximum absolute atomic E-state index is 15.2. The zero-order chi connectivity index (χ0) is 15.9. The van der Waals surface area contributed by atoms with Gasteiger partial charge in [0.25, 0.3) is 0 Å². The van der Waals surface area contributed by atoms with Crippen LogP contribution in [-0.4, -0.2) is 21.6 Å². The highest BCUT2D eigenvalue weighted by Crippen LogP contribution is 2.43. The van der Waals surface area contributed by atoms with Gasteiger partial charge in [-0.05, 0) is 58.4 Å². The van der Waals surface area contributed by atoms with Gasteiger partial charge in [-0.25, -0.2) is 0 Å². The Labute approximate surface area is 124 Å². The number of rotatable bonds is 0. The van der Waals surface area contributed by atoms with Crippen LogP contribution in [0.25, 0.3) is 5.57 Å². The summed E-state index contributed by atoms with van der Waals surface area (Å²) in [5.74, 6) is 0. The fourth-order valence-electron chi connectivity index (χ4n) is 3.88. The normalized spacial score (nSPS) is 20.4. The molecule has 1 aromatic heterocycles. The summed E-state index contributed by atoms with van der Waals surface area (Å²) in [6.07, 6.45) is 0. The molecule has 0 fully saturated rings. The van der Waals surface area contributed by atoms with E-state index >= 15 is 8.63 Å². The zero-order valence-electron chi connectivity index (χ0n) is 13.7. The molecule has 0 aromatic carbocycles. The lowest BCUT2D eigenvalue weighted by molar-refractivity contribution is -0.363. The summed E-state index contributed by atoms with van der Waals surface area (Å²) in [6, 6.07) is 0. The predicted octanol–water partition coefficient (Wildman–Crippen LogP) is 4.20. The number of allylic oxidation sites excluding steroid dienone is 3. The molecule has 2 aliphatic rings. The number of fused-ring (bicyclic) bond motifs is 2. The summed E-state index contributed by atoms with van der Waals surface area (Å²) in [7, 11) is 0. The van der Waals surface area contributed by atoms with Crippen LogP contribution in [0.4, 0.5) is 8.63 Å². The summed E-state index contributed by atoms with van der Waals surface area (Å²) in [4.78, 5) is 0. The van der Waals surface area contributed by atoms with Gasteiger partial charge >= 0.3 is 6.97 Å². The van der Waals surface area contributed by atoms with E-state index in [1.54, 1.807) is 13.8 Å². The van der Waals surface area contributed by atoms with Crippen LogP contribution in [0.1, 0.15) is 50.2 Å². The first kappa shape index (κ1) is 14.3. The van der Waals surface area contributed by atoms with E-state index in [1.165, 1.54) is 8.96 Å². The third-order valence-electron chi connectivity index (χ3n) is 5.46. The minimum Gasteiger partial charge on any atom is -0.393 e. The van der Waals surface area contributed by atoms with Gasteiger partial charge in [-0.1, -0.05) is 0 Å². The first-order valence-corrected chi connectivity index (χ1v) is 7.35. The van der Waals surface area contributed by atoms with Crippen molar-refractivity contribution < 1.29 is 13.1 Å². The van der Waals surface area contributed by atoms with Crippen LogP contribution in [0.5, 0.6) is 0 Å². The summed E-state index contributed by atoms with van der Waals surface area (Å²) >= 11 is 0. The molecule has 21 heavy (non-hydrogen) atoms. The average Bonchev–Trinajstić information content (AvgIpc) is 2.78. The SMILES string of the molecule is CC1=C(C)C(C)=[N+]2C1=C(C)c1c(C)c(C)c(C)n1[B-]2(F)F. The molecule has 1 aromatic rings. The van der Waals surface area contributed by atoms with Crippen molar-refractivity contribution in [2.75, 3.05) is 0 Å². The second kappa shape index (κ2) is 3.96. The lowest BCUT2D eigenvalue weighted by atomic mass is 9.86. The summed E-state index contributed by atoms with van der Waals surface area (Å²) in [5.41, 5.74) is 7.54. The standard InChI is InChI=1S/C16H21BF2N2/c1-8-10(3)15-12(5)16-11(4)9(2)14(7)21(16)17(18,19)20(15)13(8)6/h1-7H3. The molecule has 0 spiro atoms. The van der Waals surface area contributed by atoms with Gasteiger partial charge in [-0.15, -0.1) is 0 Å². The third kappa shape index (κ3) is 1.44. The summed E-state index contributed by atoms with van der Waals surface area (Å²) in [6.45, 7) is 9.45. The van der Waals surface area contributed by atoms with Crippen LogP contribution in [0.2, 0.25) is 0 Å². The Morgan fingerprint density at radius 2 is 1.38 bits per heavy atom. The van der Waals surface area contributed by atoms with E-state index in [0.717, 1.165) is 27.8 Å². The fraction of sp³-hybridized carbons (Fsp3) is 0.438. The van der Waals surface area contributed by atoms with Crippen molar-refractivity contribution in [2.45, 2.75) is 48.5 Å². The van der Waals surface area contributed by atoms with Crippen molar-refractivity contribution in [2.24, 2.45) is 0 Å². The van der Waals surface area contributed by atoms with Gasteiger partial charge in [-0.2, -0.15) is 0 Å². The van der Waals surface area contributed by atoms with Gasteiger partial charge in [0.15, 0.2) is 5.70 Å². The van der Waals surface area contributed by atoms with E-state index in [-0.39, 0.29) is 0 Å². The maximum Gasteiger partial charge on any atom is 0.737 e. The Morgan fingerprint density at radius 3 is 1.95 bits per heavy atom. The van der Waals surface area contributed by atoms with Gasteiger partial charge in [0, 0.05) is 29.3 Å². The number of hydrogen-bond acceptors (Lipinski definition) is 0. The molecule has 2 aliphatic heterocycles. The fourth-order valence-corrected chi connectivity index (χ4v) is 3.88. The topological polar surface area (TPSA) is 7.94 Å². The van der Waals surface area contributed by atoms with Crippen molar-refractivity contribution in [3.63, 3.8) is 0 Å². The van der Waals surface area contributed by atoms with Gasteiger partial charge in [0.2, 0.25) is 0 Å². The number of aromatic nitrogens is 1. The van der Waals surface area contributed by atoms with E-state index in [4.69, 9.17) is 0 Å². The quantitative estimate of drug-likeness (QED) is 0.633. The van der Waals surface area contributed by atoms with E-state index in [1.807, 2.05) is 34.6 Å². The highest BCUT2D eigenvalue weighted by atomic mass is 19.2. The van der Waals surface area contributed by atoms with Crippen LogP contribution >= 0.6 is 0 Å². The molecule has 0 bridgehead atoms. The van der Waals surface area contributed by atoms with Gasteiger partial charge < -0.3 is 17.6 Å². The number of hydrogen-bond donors (Lipinski definition) is 0. The Balaban J connectivity index is 2.52. The minimum absolute atomic E-state index is 0.668. The molecule has 0 aliphatic carbocycles. The molecule has 0 N–H and O–H groups in total. The Bertz CT molecular complexity index is 792. The molecule has 0 amide bonds. The van der Waals surface area contributed by atoms with Gasteiger partial charge in [0.05, 0.1) is 0 Å². The lowest BCUT2D eigenvalue weighted by Crippen LogP contribution is -2.51. The van der Waals surface area contributed by atoms with Gasteiger partial charge in [-0.3, -0.25) is 0 Å². The molecule has 0 saturated heterocycles. The van der Waals surface area contributed by atoms with Crippen LogP contribution in [-0.2, 0) is 0 Å². The molecule has 0 radical (unpaired) electrons. The highest BCUT2D eigenvalue weighted by molar-refractivity contribution is 6.58. The predicted molar refractivity (Wildman–Crippen MR) is 83.9 cm³/mol. The first-order chi connectivity index (χ1) is 9.62. The average molecular weight is 290 g/mol. The molecule has 2 nitrogen and oxygen atoms in total. The smallest absolute Gasteiger partial charge is 0.393 e. The second-order valence-corrected chi connectivity index (χ2v) is 6.32. The molecule has 3 rings (SSSR count).